The molecule has 0 radical (unpaired) electrons. The summed E-state index contributed by atoms with van der Waals surface area (Å²) in [6.07, 6.45) is 12.0. The maximum absolute atomic E-state index is 5.56. The summed E-state index contributed by atoms with van der Waals surface area (Å²) in [4.78, 5) is 20.4. The second kappa shape index (κ2) is 10.3. The average molecular weight is 444 g/mol. The quantitative estimate of drug-likeness (QED) is 0.400. The van der Waals surface area contributed by atoms with E-state index in [1.165, 1.54) is 56.7 Å². The maximum Gasteiger partial charge on any atom is 0.232 e. The fourth-order valence-corrected chi connectivity index (χ4v) is 4.89. The van der Waals surface area contributed by atoms with Crippen molar-refractivity contribution in [1.82, 2.24) is 25.3 Å². The molecule has 0 bridgehead atoms. The lowest BCUT2D eigenvalue weighted by Gasteiger charge is -2.31. The van der Waals surface area contributed by atoms with Crippen molar-refractivity contribution < 1.29 is 0 Å². The number of rotatable bonds is 5. The summed E-state index contributed by atoms with van der Waals surface area (Å²) in [5.74, 6) is 2.22. The van der Waals surface area contributed by atoms with E-state index in [0.717, 1.165) is 29.9 Å². The van der Waals surface area contributed by atoms with Gasteiger partial charge >= 0.3 is 0 Å². The summed E-state index contributed by atoms with van der Waals surface area (Å²) < 4.78 is 0. The Morgan fingerprint density at radius 3 is 2.53 bits per heavy atom. The molecule has 3 heterocycles. The van der Waals surface area contributed by atoms with Crippen molar-refractivity contribution in [3.05, 3.63) is 24.5 Å². The fraction of sp³-hybridized carbons (Fsp3) is 0.571. The second-order valence-electron chi connectivity index (χ2n) is 8.12. The van der Waals surface area contributed by atoms with Crippen molar-refractivity contribution in [3.63, 3.8) is 0 Å². The third-order valence-electron chi connectivity index (χ3n) is 5.70. The molecule has 0 amide bonds. The minimum absolute atomic E-state index is 0.442. The Bertz CT molecular complexity index is 835. The first-order chi connectivity index (χ1) is 14.7. The number of piperidine rings is 1. The molecule has 160 valence electrons. The molecule has 9 heteroatoms. The van der Waals surface area contributed by atoms with Crippen LogP contribution in [0.5, 0.6) is 0 Å². The summed E-state index contributed by atoms with van der Waals surface area (Å²) >= 11 is 7.00. The van der Waals surface area contributed by atoms with Crippen molar-refractivity contribution >= 4 is 40.9 Å². The zero-order valence-corrected chi connectivity index (χ0v) is 19.0. The van der Waals surface area contributed by atoms with Gasteiger partial charge in [-0.2, -0.15) is 4.98 Å². The Hall–Kier alpha value is -2.00. The van der Waals surface area contributed by atoms with Gasteiger partial charge in [0.15, 0.2) is 10.3 Å². The Morgan fingerprint density at radius 2 is 1.80 bits per heavy atom. The fourth-order valence-electron chi connectivity index (χ4n) is 3.92. The molecule has 2 N–H and O–H groups in total. The van der Waals surface area contributed by atoms with Crippen LogP contribution in [0.2, 0.25) is 0 Å². The van der Waals surface area contributed by atoms with E-state index in [1.54, 1.807) is 12.4 Å². The summed E-state index contributed by atoms with van der Waals surface area (Å²) in [5, 5.41) is 8.74. The van der Waals surface area contributed by atoms with Crippen LogP contribution < -0.4 is 15.5 Å². The standard InChI is InChI=1S/C21H29N7S2/c1-15-8-12-28(13-9-15)17-14-18(30-21-22-10-5-11-23-21)26-19(25-17)27-20(29)24-16-6-3-2-4-7-16/h5,10-11,14-16H,2-4,6-9,12-13H2,1H3,(H2,24,25,26,27,29). The van der Waals surface area contributed by atoms with Gasteiger partial charge in [0.25, 0.3) is 0 Å². The van der Waals surface area contributed by atoms with Gasteiger partial charge in [0.2, 0.25) is 5.95 Å². The molecule has 2 aromatic rings. The smallest absolute Gasteiger partial charge is 0.232 e. The second-order valence-corrected chi connectivity index (χ2v) is 9.52. The molecule has 2 fully saturated rings. The summed E-state index contributed by atoms with van der Waals surface area (Å²) in [6, 6.07) is 4.28. The molecule has 0 unspecified atom stereocenters. The zero-order valence-electron chi connectivity index (χ0n) is 17.4. The van der Waals surface area contributed by atoms with Crippen molar-refractivity contribution in [2.24, 2.45) is 5.92 Å². The lowest BCUT2D eigenvalue weighted by atomic mass is 9.96. The number of aromatic nitrogens is 4. The van der Waals surface area contributed by atoms with Crippen LogP contribution in [0.25, 0.3) is 0 Å². The van der Waals surface area contributed by atoms with Gasteiger partial charge in [0, 0.05) is 37.6 Å². The Balaban J connectivity index is 1.51. The predicted octanol–water partition coefficient (Wildman–Crippen LogP) is 4.27. The van der Waals surface area contributed by atoms with Crippen molar-refractivity contribution in [3.8, 4) is 0 Å². The maximum atomic E-state index is 5.56. The Kier molecular flexibility index (Phi) is 7.33. The predicted molar refractivity (Wildman–Crippen MR) is 125 cm³/mol. The molecule has 7 nitrogen and oxygen atoms in total. The van der Waals surface area contributed by atoms with Crippen LogP contribution in [0.4, 0.5) is 11.8 Å². The van der Waals surface area contributed by atoms with E-state index in [4.69, 9.17) is 17.2 Å². The van der Waals surface area contributed by atoms with Gasteiger partial charge < -0.3 is 15.5 Å². The molecule has 1 aliphatic heterocycles. The van der Waals surface area contributed by atoms with Crippen LogP contribution in [0.1, 0.15) is 51.9 Å². The van der Waals surface area contributed by atoms with Gasteiger partial charge in [-0.25, -0.2) is 15.0 Å². The lowest BCUT2D eigenvalue weighted by molar-refractivity contribution is 0.414. The van der Waals surface area contributed by atoms with Crippen LogP contribution in [0.3, 0.4) is 0 Å². The third kappa shape index (κ3) is 6.01. The van der Waals surface area contributed by atoms with Crippen LogP contribution >= 0.6 is 24.0 Å². The third-order valence-corrected chi connectivity index (χ3v) is 6.73. The molecule has 4 rings (SSSR count). The van der Waals surface area contributed by atoms with Crippen molar-refractivity contribution in [2.75, 3.05) is 23.3 Å². The first kappa shape index (κ1) is 21.2. The Morgan fingerprint density at radius 1 is 1.07 bits per heavy atom. The molecular weight excluding hydrogens is 414 g/mol. The largest absolute Gasteiger partial charge is 0.360 e. The topological polar surface area (TPSA) is 78.9 Å². The summed E-state index contributed by atoms with van der Waals surface area (Å²) in [5.41, 5.74) is 0. The first-order valence-electron chi connectivity index (χ1n) is 10.8. The molecule has 1 saturated carbocycles. The van der Waals surface area contributed by atoms with Gasteiger partial charge in [-0.15, -0.1) is 0 Å². The minimum atomic E-state index is 0.442. The molecule has 1 aliphatic carbocycles. The van der Waals surface area contributed by atoms with Crippen LogP contribution in [0.15, 0.2) is 34.7 Å². The van der Waals surface area contributed by atoms with E-state index in [9.17, 15) is 0 Å². The minimum Gasteiger partial charge on any atom is -0.360 e. The molecule has 1 saturated heterocycles. The van der Waals surface area contributed by atoms with Gasteiger partial charge in [-0.3, -0.25) is 0 Å². The van der Waals surface area contributed by atoms with Gasteiger partial charge in [0.1, 0.15) is 10.8 Å². The highest BCUT2D eigenvalue weighted by molar-refractivity contribution is 7.99. The van der Waals surface area contributed by atoms with E-state index >= 15 is 0 Å². The van der Waals surface area contributed by atoms with Crippen LogP contribution in [-0.2, 0) is 0 Å². The number of nitrogens with one attached hydrogen (secondary N) is 2. The van der Waals surface area contributed by atoms with E-state index < -0.39 is 0 Å². The van der Waals surface area contributed by atoms with Crippen molar-refractivity contribution in [1.29, 1.82) is 0 Å². The molecule has 0 spiro atoms. The van der Waals surface area contributed by atoms with E-state index in [-0.39, 0.29) is 0 Å². The highest BCUT2D eigenvalue weighted by Gasteiger charge is 2.20. The highest BCUT2D eigenvalue weighted by Crippen LogP contribution is 2.29. The Labute approximate surface area is 187 Å². The van der Waals surface area contributed by atoms with E-state index in [2.05, 4.69) is 37.4 Å². The lowest BCUT2D eigenvalue weighted by Crippen LogP contribution is -2.39. The highest BCUT2D eigenvalue weighted by atomic mass is 32.2. The van der Waals surface area contributed by atoms with Crippen LogP contribution in [-0.4, -0.2) is 44.2 Å². The molecular formula is C21H29N7S2. The molecule has 2 aliphatic rings. The van der Waals surface area contributed by atoms with Crippen LogP contribution in [0, 0.1) is 5.92 Å². The van der Waals surface area contributed by atoms with Crippen molar-refractivity contribution in [2.45, 2.75) is 68.1 Å². The number of thiocarbonyl (C=S) groups is 1. The molecule has 30 heavy (non-hydrogen) atoms. The van der Waals surface area contributed by atoms with Gasteiger partial charge in [-0.05, 0) is 61.6 Å². The summed E-state index contributed by atoms with van der Waals surface area (Å²) in [7, 11) is 0. The average Bonchev–Trinajstić information content (AvgIpc) is 2.75. The van der Waals surface area contributed by atoms with Gasteiger partial charge in [0.05, 0.1) is 0 Å². The molecule has 0 atom stereocenters. The number of anilines is 2. The normalized spacial score (nSPS) is 18.2. The molecule has 0 aromatic carbocycles. The number of hydrogen-bond acceptors (Lipinski definition) is 7. The summed E-state index contributed by atoms with van der Waals surface area (Å²) in [6.45, 7) is 4.33. The van der Waals surface area contributed by atoms with Gasteiger partial charge in [-0.1, -0.05) is 26.2 Å². The SMILES string of the molecule is CC1CCN(c2cc(Sc3ncccn3)nc(NC(=S)NC3CCCCC3)n2)CC1. The zero-order chi connectivity index (χ0) is 20.8. The molecule has 2 aromatic heterocycles. The first-order valence-corrected chi connectivity index (χ1v) is 12.0. The number of nitrogens with zero attached hydrogens (tertiary/aromatic N) is 5. The van der Waals surface area contributed by atoms with E-state index in [0.29, 0.717) is 22.3 Å². The monoisotopic (exact) mass is 443 g/mol. The van der Waals surface area contributed by atoms with E-state index in [1.807, 2.05) is 12.1 Å². The number of hydrogen-bond donors (Lipinski definition) is 2.